The molecular formula is C26H55NO6P+. The van der Waals surface area contributed by atoms with Crippen molar-refractivity contribution in [2.45, 2.75) is 115 Å². The first-order valence-electron chi connectivity index (χ1n) is 13.9. The molecular weight excluding hydrogens is 453 g/mol. The molecule has 0 aromatic rings. The van der Waals surface area contributed by atoms with E-state index in [4.69, 9.17) is 18.5 Å². The zero-order chi connectivity index (χ0) is 25.1. The van der Waals surface area contributed by atoms with E-state index in [0.717, 1.165) is 6.42 Å². The topological polar surface area (TPSA) is 74.2 Å². The van der Waals surface area contributed by atoms with Crippen LogP contribution >= 0.6 is 7.82 Å². The van der Waals surface area contributed by atoms with Crippen LogP contribution < -0.4 is 0 Å². The minimum absolute atomic E-state index is 0.172. The highest BCUT2D eigenvalue weighted by Gasteiger charge is 2.36. The van der Waals surface area contributed by atoms with Gasteiger partial charge in [0.25, 0.3) is 0 Å². The van der Waals surface area contributed by atoms with Crippen LogP contribution in [0.5, 0.6) is 0 Å². The van der Waals surface area contributed by atoms with Crippen LogP contribution in [0.4, 0.5) is 0 Å². The number of phosphoric ester groups is 1. The molecule has 1 aliphatic rings. The standard InChI is InChI=1S/C26H54NO6P/c1-5-6-7-8-9-10-11-12-13-14-15-16-17-18-21-30-24-26-25(19-22-31-26)33-34(28,29)32-23-20-27(2,3)4/h25-26H,5-24H2,1-4H3/p+1/t25-,26+/m0/s1. The summed E-state index contributed by atoms with van der Waals surface area (Å²) in [6.45, 7) is 4.67. The molecule has 0 aromatic heterocycles. The van der Waals surface area contributed by atoms with Gasteiger partial charge in [0.15, 0.2) is 0 Å². The number of unbranched alkanes of at least 4 members (excludes halogenated alkanes) is 13. The zero-order valence-corrected chi connectivity index (χ0v) is 23.6. The molecule has 1 aliphatic heterocycles. The quantitative estimate of drug-likeness (QED) is 0.0967. The van der Waals surface area contributed by atoms with E-state index in [9.17, 15) is 9.46 Å². The summed E-state index contributed by atoms with van der Waals surface area (Å²) >= 11 is 0. The second-order valence-corrected chi connectivity index (χ2v) is 12.2. The molecule has 0 amide bonds. The van der Waals surface area contributed by atoms with Crippen LogP contribution in [0.1, 0.15) is 103 Å². The van der Waals surface area contributed by atoms with Crippen molar-refractivity contribution in [3.63, 3.8) is 0 Å². The van der Waals surface area contributed by atoms with Crippen LogP contribution in [-0.4, -0.2) is 75.7 Å². The minimum Gasteiger partial charge on any atom is -0.379 e. The third-order valence-electron chi connectivity index (χ3n) is 6.36. The van der Waals surface area contributed by atoms with Gasteiger partial charge in [-0.2, -0.15) is 0 Å². The van der Waals surface area contributed by atoms with Gasteiger partial charge in [-0.15, -0.1) is 0 Å². The lowest BCUT2D eigenvalue weighted by Crippen LogP contribution is -2.37. The molecule has 1 saturated heterocycles. The lowest BCUT2D eigenvalue weighted by molar-refractivity contribution is -0.870. The Morgan fingerprint density at radius 2 is 1.38 bits per heavy atom. The number of hydrogen-bond donors (Lipinski definition) is 1. The first-order chi connectivity index (χ1) is 16.2. The van der Waals surface area contributed by atoms with E-state index in [-0.39, 0.29) is 12.7 Å². The second-order valence-electron chi connectivity index (χ2n) is 10.8. The van der Waals surface area contributed by atoms with Crippen LogP contribution in [0, 0.1) is 0 Å². The first kappa shape index (κ1) is 32.0. The van der Waals surface area contributed by atoms with Crippen LogP contribution in [0.3, 0.4) is 0 Å². The summed E-state index contributed by atoms with van der Waals surface area (Å²) in [5, 5.41) is 0. The van der Waals surface area contributed by atoms with E-state index >= 15 is 0 Å². The fourth-order valence-electron chi connectivity index (χ4n) is 4.13. The molecule has 0 aliphatic carbocycles. The molecule has 1 unspecified atom stereocenters. The SMILES string of the molecule is CCCCCCCCCCCCCCCCOC[C@H]1OCC[C@@H]1OP(=O)(O)OCC[N+](C)(C)C. The Labute approximate surface area is 210 Å². The number of hydrogen-bond acceptors (Lipinski definition) is 5. The minimum atomic E-state index is -4.09. The van der Waals surface area contributed by atoms with E-state index in [1.54, 1.807) is 0 Å². The van der Waals surface area contributed by atoms with Gasteiger partial charge in [-0.1, -0.05) is 90.4 Å². The Morgan fingerprint density at radius 1 is 0.853 bits per heavy atom. The van der Waals surface area contributed by atoms with E-state index in [1.165, 1.54) is 83.5 Å². The average molecular weight is 509 g/mol. The molecule has 34 heavy (non-hydrogen) atoms. The molecule has 1 fully saturated rings. The summed E-state index contributed by atoms with van der Waals surface area (Å²) in [7, 11) is 1.92. The number of rotatable bonds is 23. The number of phosphoric acid groups is 1. The molecule has 0 saturated carbocycles. The maximum absolute atomic E-state index is 12.2. The van der Waals surface area contributed by atoms with E-state index in [0.29, 0.717) is 37.3 Å². The maximum atomic E-state index is 12.2. The Kier molecular flexibility index (Phi) is 18.0. The van der Waals surface area contributed by atoms with Gasteiger partial charge in [0.2, 0.25) is 0 Å². The summed E-state index contributed by atoms with van der Waals surface area (Å²) in [5.74, 6) is 0. The van der Waals surface area contributed by atoms with Gasteiger partial charge in [0, 0.05) is 19.6 Å². The maximum Gasteiger partial charge on any atom is 0.472 e. The molecule has 0 radical (unpaired) electrons. The van der Waals surface area contributed by atoms with Gasteiger partial charge in [-0.25, -0.2) is 4.57 Å². The van der Waals surface area contributed by atoms with Gasteiger partial charge in [-0.3, -0.25) is 9.05 Å². The van der Waals surface area contributed by atoms with E-state index in [1.807, 2.05) is 21.1 Å². The Bertz CT molecular complexity index is 528. The highest BCUT2D eigenvalue weighted by atomic mass is 31.2. The number of likely N-dealkylation sites (N-methyl/N-ethyl adjacent to an activating group) is 1. The zero-order valence-electron chi connectivity index (χ0n) is 22.7. The fourth-order valence-corrected chi connectivity index (χ4v) is 5.09. The third-order valence-corrected chi connectivity index (χ3v) is 7.40. The molecule has 8 heteroatoms. The molecule has 1 rings (SSSR count). The van der Waals surface area contributed by atoms with Crippen molar-refractivity contribution < 1.29 is 32.5 Å². The molecule has 1 N–H and O–H groups in total. The smallest absolute Gasteiger partial charge is 0.379 e. The first-order valence-corrected chi connectivity index (χ1v) is 15.4. The lowest BCUT2D eigenvalue weighted by Gasteiger charge is -2.25. The van der Waals surface area contributed by atoms with Crippen LogP contribution in [0.2, 0.25) is 0 Å². The largest absolute Gasteiger partial charge is 0.472 e. The third kappa shape index (κ3) is 18.3. The summed E-state index contributed by atoms with van der Waals surface area (Å²) in [5.41, 5.74) is 0. The van der Waals surface area contributed by atoms with Gasteiger partial charge in [0.1, 0.15) is 25.4 Å². The van der Waals surface area contributed by atoms with Crippen molar-refractivity contribution >= 4 is 7.82 Å². The summed E-state index contributed by atoms with van der Waals surface area (Å²) in [4.78, 5) is 10.0. The Morgan fingerprint density at radius 3 is 1.91 bits per heavy atom. The van der Waals surface area contributed by atoms with Crippen LogP contribution in [-0.2, 0) is 23.1 Å². The molecule has 3 atom stereocenters. The molecule has 204 valence electrons. The average Bonchev–Trinajstić information content (AvgIpc) is 3.18. The molecule has 7 nitrogen and oxygen atoms in total. The number of quaternary nitrogens is 1. The Balaban J connectivity index is 1.96. The van der Waals surface area contributed by atoms with Gasteiger partial charge >= 0.3 is 7.82 Å². The van der Waals surface area contributed by atoms with Gasteiger partial charge in [0.05, 0.1) is 27.7 Å². The number of ether oxygens (including phenoxy) is 2. The fraction of sp³-hybridized carbons (Fsp3) is 1.00. The summed E-state index contributed by atoms with van der Waals surface area (Å²) < 4.78 is 34.8. The molecule has 0 bridgehead atoms. The molecule has 0 aromatic carbocycles. The highest BCUT2D eigenvalue weighted by Crippen LogP contribution is 2.46. The van der Waals surface area contributed by atoms with Gasteiger partial charge < -0.3 is 18.9 Å². The van der Waals surface area contributed by atoms with E-state index in [2.05, 4.69) is 6.92 Å². The van der Waals surface area contributed by atoms with Crippen molar-refractivity contribution in [2.75, 3.05) is 54.1 Å². The van der Waals surface area contributed by atoms with Crippen LogP contribution in [0.25, 0.3) is 0 Å². The van der Waals surface area contributed by atoms with Crippen LogP contribution in [0.15, 0.2) is 0 Å². The predicted octanol–water partition coefficient (Wildman–Crippen LogP) is 6.48. The normalized spacial score (nSPS) is 20.6. The summed E-state index contributed by atoms with van der Waals surface area (Å²) in [6.07, 6.45) is 18.5. The second kappa shape index (κ2) is 19.1. The predicted molar refractivity (Wildman–Crippen MR) is 139 cm³/mol. The van der Waals surface area contributed by atoms with Crippen molar-refractivity contribution in [3.8, 4) is 0 Å². The summed E-state index contributed by atoms with van der Waals surface area (Å²) in [6, 6.07) is 0. The van der Waals surface area contributed by atoms with Gasteiger partial charge in [-0.05, 0) is 6.42 Å². The van der Waals surface area contributed by atoms with Crippen molar-refractivity contribution in [2.24, 2.45) is 0 Å². The monoisotopic (exact) mass is 508 g/mol. The van der Waals surface area contributed by atoms with Crippen molar-refractivity contribution in [1.82, 2.24) is 0 Å². The lowest BCUT2D eigenvalue weighted by atomic mass is 10.0. The molecule has 0 spiro atoms. The van der Waals surface area contributed by atoms with Crippen molar-refractivity contribution in [3.05, 3.63) is 0 Å². The highest BCUT2D eigenvalue weighted by molar-refractivity contribution is 7.47. The van der Waals surface area contributed by atoms with E-state index < -0.39 is 13.9 Å². The number of nitrogens with zero attached hydrogens (tertiary/aromatic N) is 1. The van der Waals surface area contributed by atoms with Crippen molar-refractivity contribution in [1.29, 1.82) is 0 Å². The Hall–Kier alpha value is -0.0100. The molecule has 1 heterocycles.